The normalized spacial score (nSPS) is 21.7. The second-order valence-electron chi connectivity index (χ2n) is 6.27. The van der Waals surface area contributed by atoms with Crippen LogP contribution in [0.25, 0.3) is 0 Å². The summed E-state index contributed by atoms with van der Waals surface area (Å²) in [6, 6.07) is 3.88. The molecule has 0 spiro atoms. The molecular weight excluding hydrogens is 291 g/mol. The smallest absolute Gasteiger partial charge is 0.405 e. The van der Waals surface area contributed by atoms with E-state index in [4.69, 9.17) is 15.2 Å². The number of nitrogens with two attached hydrogens (primary N) is 1. The molecule has 1 aliphatic heterocycles. The van der Waals surface area contributed by atoms with Crippen LogP contribution in [0.4, 0.5) is 14.9 Å². The molecule has 0 bridgehead atoms. The van der Waals surface area contributed by atoms with Crippen molar-refractivity contribution in [1.82, 2.24) is 0 Å². The molecule has 1 unspecified atom stereocenters. The van der Waals surface area contributed by atoms with Gasteiger partial charge in [-0.25, -0.2) is 9.18 Å². The summed E-state index contributed by atoms with van der Waals surface area (Å²) in [5.74, 6) is -0.681. The lowest BCUT2D eigenvalue weighted by atomic mass is 9.85. The van der Waals surface area contributed by atoms with Crippen LogP contribution in [0.3, 0.4) is 0 Å². The molecule has 1 heterocycles. The first-order valence-corrected chi connectivity index (χ1v) is 6.81. The molecular formula is C15H19FN2O4. The first-order valence-electron chi connectivity index (χ1n) is 6.81. The second-order valence-corrected chi connectivity index (χ2v) is 6.27. The van der Waals surface area contributed by atoms with Crippen LogP contribution in [0.2, 0.25) is 0 Å². The number of carbonyl (C=O) groups is 2. The Balaban J connectivity index is 2.54. The Labute approximate surface area is 128 Å². The molecule has 7 heteroatoms. The summed E-state index contributed by atoms with van der Waals surface area (Å²) in [5.41, 5.74) is 4.82. The topological polar surface area (TPSA) is 81.9 Å². The van der Waals surface area contributed by atoms with Crippen molar-refractivity contribution in [3.8, 4) is 5.75 Å². The van der Waals surface area contributed by atoms with Crippen LogP contribution in [-0.2, 0) is 9.53 Å². The summed E-state index contributed by atoms with van der Waals surface area (Å²) >= 11 is 0. The minimum absolute atomic E-state index is 0.273. The summed E-state index contributed by atoms with van der Waals surface area (Å²) in [6.07, 6.45) is -3.04. The molecule has 0 aromatic heterocycles. The van der Waals surface area contributed by atoms with Crippen LogP contribution in [0, 0.1) is 11.2 Å². The quantitative estimate of drug-likeness (QED) is 0.861. The van der Waals surface area contributed by atoms with Crippen LogP contribution in [0.15, 0.2) is 18.2 Å². The molecule has 2 atom stereocenters. The van der Waals surface area contributed by atoms with E-state index < -0.39 is 35.4 Å². The average molecular weight is 310 g/mol. The number of fused-ring (bicyclic) bond motifs is 1. The number of rotatable bonds is 1. The Hall–Kier alpha value is -2.31. The number of ether oxygens (including phenoxy) is 2. The Bertz CT molecular complexity index is 612. The summed E-state index contributed by atoms with van der Waals surface area (Å²) in [7, 11) is 1.46. The van der Waals surface area contributed by atoms with Crippen molar-refractivity contribution in [2.45, 2.75) is 33.0 Å². The van der Waals surface area contributed by atoms with Crippen molar-refractivity contribution in [2.75, 3.05) is 11.9 Å². The van der Waals surface area contributed by atoms with Crippen molar-refractivity contribution in [3.05, 3.63) is 24.0 Å². The molecule has 120 valence electrons. The van der Waals surface area contributed by atoms with E-state index >= 15 is 0 Å². The highest BCUT2D eigenvalue weighted by Crippen LogP contribution is 2.38. The standard InChI is InChI=1S/C15H19FN2O4/c1-15(2,3)12-11(22-14(17)20)13(19)18(4)9-7-8(16)5-6-10(9)21-12/h5-7,11-12H,1-4H3,(H2,17,20)/t11?,12-/m1/s1. The third kappa shape index (κ3) is 2.98. The third-order valence-corrected chi connectivity index (χ3v) is 3.48. The van der Waals surface area contributed by atoms with E-state index in [-0.39, 0.29) is 5.69 Å². The average Bonchev–Trinajstić information content (AvgIpc) is 2.49. The molecule has 1 aromatic rings. The predicted molar refractivity (Wildman–Crippen MR) is 78.1 cm³/mol. The Morgan fingerprint density at radius 1 is 1.41 bits per heavy atom. The maximum atomic E-state index is 13.5. The number of hydrogen-bond acceptors (Lipinski definition) is 4. The van der Waals surface area contributed by atoms with Crippen LogP contribution in [0.1, 0.15) is 20.8 Å². The van der Waals surface area contributed by atoms with Gasteiger partial charge in [0.2, 0.25) is 6.10 Å². The lowest BCUT2D eigenvalue weighted by Crippen LogP contribution is -2.52. The predicted octanol–water partition coefficient (Wildman–Crippen LogP) is 2.06. The number of anilines is 1. The Morgan fingerprint density at radius 3 is 2.59 bits per heavy atom. The molecule has 1 aliphatic rings. The van der Waals surface area contributed by atoms with Crippen molar-refractivity contribution >= 4 is 17.7 Å². The molecule has 2 amide bonds. The number of hydrogen-bond donors (Lipinski definition) is 1. The van der Waals surface area contributed by atoms with E-state index in [0.717, 1.165) is 0 Å². The van der Waals surface area contributed by atoms with Gasteiger partial charge in [0.05, 0.1) is 5.69 Å². The van der Waals surface area contributed by atoms with Gasteiger partial charge in [-0.15, -0.1) is 0 Å². The van der Waals surface area contributed by atoms with Crippen molar-refractivity contribution in [2.24, 2.45) is 11.1 Å². The Kier molecular flexibility index (Phi) is 4.00. The van der Waals surface area contributed by atoms with Gasteiger partial charge in [-0.05, 0) is 12.1 Å². The van der Waals surface area contributed by atoms with Gasteiger partial charge in [-0.2, -0.15) is 0 Å². The van der Waals surface area contributed by atoms with E-state index in [9.17, 15) is 14.0 Å². The zero-order valence-electron chi connectivity index (χ0n) is 12.9. The third-order valence-electron chi connectivity index (χ3n) is 3.48. The summed E-state index contributed by atoms with van der Waals surface area (Å²) < 4.78 is 24.3. The highest BCUT2D eigenvalue weighted by Gasteiger charge is 2.45. The number of primary amides is 1. The number of nitrogens with zero attached hydrogens (tertiary/aromatic N) is 1. The molecule has 1 aromatic carbocycles. The van der Waals surface area contributed by atoms with Gasteiger partial charge in [0, 0.05) is 18.5 Å². The molecule has 0 saturated carbocycles. The minimum Gasteiger partial charge on any atom is -0.483 e. The van der Waals surface area contributed by atoms with Crippen LogP contribution < -0.4 is 15.4 Å². The van der Waals surface area contributed by atoms with Crippen LogP contribution >= 0.6 is 0 Å². The zero-order valence-corrected chi connectivity index (χ0v) is 12.9. The molecule has 22 heavy (non-hydrogen) atoms. The monoisotopic (exact) mass is 310 g/mol. The Morgan fingerprint density at radius 2 is 2.05 bits per heavy atom. The zero-order chi connectivity index (χ0) is 16.7. The van der Waals surface area contributed by atoms with Crippen molar-refractivity contribution in [1.29, 1.82) is 0 Å². The molecule has 0 radical (unpaired) electrons. The first-order chi connectivity index (χ1) is 10.1. The maximum absolute atomic E-state index is 13.5. The van der Waals surface area contributed by atoms with E-state index in [1.54, 1.807) is 0 Å². The maximum Gasteiger partial charge on any atom is 0.405 e. The van der Waals surface area contributed by atoms with Gasteiger partial charge < -0.3 is 20.1 Å². The van der Waals surface area contributed by atoms with E-state index in [1.807, 2.05) is 20.8 Å². The highest BCUT2D eigenvalue weighted by atomic mass is 19.1. The number of halogens is 1. The van der Waals surface area contributed by atoms with Crippen molar-refractivity contribution in [3.63, 3.8) is 0 Å². The second kappa shape index (κ2) is 5.47. The number of amides is 2. The summed E-state index contributed by atoms with van der Waals surface area (Å²) in [6.45, 7) is 5.53. The van der Waals surface area contributed by atoms with Gasteiger partial charge in [0.15, 0.2) is 0 Å². The number of likely N-dealkylation sites (N-methyl/N-ethyl adjacent to an activating group) is 1. The van der Waals surface area contributed by atoms with Gasteiger partial charge in [-0.1, -0.05) is 20.8 Å². The summed E-state index contributed by atoms with van der Waals surface area (Å²) in [4.78, 5) is 25.0. The molecule has 0 fully saturated rings. The largest absolute Gasteiger partial charge is 0.483 e. The molecule has 0 saturated heterocycles. The minimum atomic E-state index is -1.21. The van der Waals surface area contributed by atoms with Crippen LogP contribution in [-0.4, -0.2) is 31.3 Å². The van der Waals surface area contributed by atoms with Crippen molar-refractivity contribution < 1.29 is 23.5 Å². The fraction of sp³-hybridized carbons (Fsp3) is 0.467. The molecule has 6 nitrogen and oxygen atoms in total. The lowest BCUT2D eigenvalue weighted by molar-refractivity contribution is -0.134. The van der Waals surface area contributed by atoms with Crippen LogP contribution in [0.5, 0.6) is 5.75 Å². The SMILES string of the molecule is CN1C(=O)C(OC(N)=O)[C@H](C(C)(C)C)Oc2ccc(F)cc21. The fourth-order valence-corrected chi connectivity index (χ4v) is 2.36. The number of benzene rings is 1. The van der Waals surface area contributed by atoms with Gasteiger partial charge in [0.25, 0.3) is 5.91 Å². The first kappa shape index (κ1) is 16.1. The summed E-state index contributed by atoms with van der Waals surface area (Å²) in [5, 5.41) is 0. The highest BCUT2D eigenvalue weighted by molar-refractivity contribution is 5.99. The van der Waals surface area contributed by atoms with E-state index in [0.29, 0.717) is 5.75 Å². The number of carbonyl (C=O) groups excluding carboxylic acids is 2. The van der Waals surface area contributed by atoms with E-state index in [1.165, 1.54) is 30.1 Å². The van der Waals surface area contributed by atoms with Gasteiger partial charge >= 0.3 is 6.09 Å². The fourth-order valence-electron chi connectivity index (χ4n) is 2.36. The lowest BCUT2D eigenvalue weighted by Gasteiger charge is -2.33. The molecule has 2 rings (SSSR count). The molecule has 2 N–H and O–H groups in total. The van der Waals surface area contributed by atoms with Gasteiger partial charge in [0.1, 0.15) is 17.7 Å². The van der Waals surface area contributed by atoms with Gasteiger partial charge in [-0.3, -0.25) is 4.79 Å². The molecule has 0 aliphatic carbocycles. The van der Waals surface area contributed by atoms with E-state index in [2.05, 4.69) is 0 Å².